The van der Waals surface area contributed by atoms with Gasteiger partial charge in [-0.1, -0.05) is 42.5 Å². The van der Waals surface area contributed by atoms with Crippen molar-refractivity contribution in [1.82, 2.24) is 10.7 Å². The van der Waals surface area contributed by atoms with Gasteiger partial charge in [0.15, 0.2) is 6.61 Å². The third-order valence-corrected chi connectivity index (χ3v) is 6.40. The molecule has 0 heterocycles. The van der Waals surface area contributed by atoms with E-state index in [1.54, 1.807) is 48.5 Å². The second-order valence-electron chi connectivity index (χ2n) is 8.18. The first-order chi connectivity index (χ1) is 18.3. The molecule has 0 bridgehead atoms. The van der Waals surface area contributed by atoms with E-state index in [1.165, 1.54) is 13.3 Å². The maximum atomic E-state index is 12.4. The van der Waals surface area contributed by atoms with Crippen LogP contribution in [0.1, 0.15) is 11.1 Å². The Morgan fingerprint density at radius 2 is 1.63 bits per heavy atom. The van der Waals surface area contributed by atoms with E-state index < -0.39 is 22.5 Å². The topological polar surface area (TPSA) is 126 Å². The minimum atomic E-state index is -3.76. The SMILES string of the molecule is COc1ccccc1N(CC(=O)N/N=C\c1ccc(OCC(=O)NCCc2ccccc2)cc1)S(C)(=O)=O. The van der Waals surface area contributed by atoms with Crippen LogP contribution in [0.5, 0.6) is 11.5 Å². The largest absolute Gasteiger partial charge is 0.495 e. The Morgan fingerprint density at radius 1 is 0.947 bits per heavy atom. The van der Waals surface area contributed by atoms with Gasteiger partial charge in [0.1, 0.15) is 18.0 Å². The number of sulfonamides is 1. The number of hydrogen-bond donors (Lipinski definition) is 2. The predicted molar refractivity (Wildman–Crippen MR) is 146 cm³/mol. The molecule has 0 aliphatic carbocycles. The number of amides is 2. The van der Waals surface area contributed by atoms with Crippen molar-refractivity contribution in [2.75, 3.05) is 37.4 Å². The van der Waals surface area contributed by atoms with Crippen LogP contribution in [0.15, 0.2) is 84.0 Å². The van der Waals surface area contributed by atoms with Crippen LogP contribution >= 0.6 is 0 Å². The molecule has 0 saturated heterocycles. The summed E-state index contributed by atoms with van der Waals surface area (Å²) in [6.45, 7) is -0.0633. The Bertz CT molecular complexity index is 1350. The Hall–Kier alpha value is -4.38. The highest BCUT2D eigenvalue weighted by Crippen LogP contribution is 2.29. The van der Waals surface area contributed by atoms with Crippen LogP contribution < -0.4 is 24.5 Å². The van der Waals surface area contributed by atoms with Crippen molar-refractivity contribution in [3.05, 3.63) is 90.0 Å². The van der Waals surface area contributed by atoms with Gasteiger partial charge in [-0.05, 0) is 53.9 Å². The van der Waals surface area contributed by atoms with Gasteiger partial charge in [-0.3, -0.25) is 13.9 Å². The molecule has 11 heteroatoms. The number of benzene rings is 3. The first kappa shape index (κ1) is 28.2. The number of hydrogen-bond acceptors (Lipinski definition) is 7. The number of anilines is 1. The molecule has 0 spiro atoms. The Kier molecular flexibility index (Phi) is 10.2. The summed E-state index contributed by atoms with van der Waals surface area (Å²) >= 11 is 0. The van der Waals surface area contributed by atoms with E-state index in [-0.39, 0.29) is 18.2 Å². The van der Waals surface area contributed by atoms with Crippen molar-refractivity contribution in [3.63, 3.8) is 0 Å². The summed E-state index contributed by atoms with van der Waals surface area (Å²) in [5.41, 5.74) is 4.38. The summed E-state index contributed by atoms with van der Waals surface area (Å²) in [7, 11) is -2.34. The number of rotatable bonds is 13. The van der Waals surface area contributed by atoms with Gasteiger partial charge >= 0.3 is 0 Å². The Balaban J connectivity index is 1.45. The average Bonchev–Trinajstić information content (AvgIpc) is 2.91. The van der Waals surface area contributed by atoms with Gasteiger partial charge in [0.2, 0.25) is 10.0 Å². The van der Waals surface area contributed by atoms with Crippen molar-refractivity contribution in [2.45, 2.75) is 6.42 Å². The van der Waals surface area contributed by atoms with Gasteiger partial charge in [-0.2, -0.15) is 5.10 Å². The molecule has 200 valence electrons. The molecule has 0 radical (unpaired) electrons. The number of methoxy groups -OCH3 is 1. The van der Waals surface area contributed by atoms with Crippen molar-refractivity contribution in [2.24, 2.45) is 5.10 Å². The monoisotopic (exact) mass is 538 g/mol. The normalized spacial score (nSPS) is 11.1. The second-order valence-corrected chi connectivity index (χ2v) is 10.1. The van der Waals surface area contributed by atoms with Gasteiger partial charge in [0, 0.05) is 6.54 Å². The van der Waals surface area contributed by atoms with E-state index >= 15 is 0 Å². The summed E-state index contributed by atoms with van der Waals surface area (Å²) in [6, 6.07) is 23.1. The highest BCUT2D eigenvalue weighted by Gasteiger charge is 2.23. The molecule has 10 nitrogen and oxygen atoms in total. The molecule has 3 rings (SSSR count). The molecule has 0 aliphatic rings. The molecule has 3 aromatic carbocycles. The van der Waals surface area contributed by atoms with Crippen LogP contribution in [0.3, 0.4) is 0 Å². The Labute approximate surface area is 222 Å². The first-order valence-electron chi connectivity index (χ1n) is 11.7. The zero-order valence-corrected chi connectivity index (χ0v) is 22.0. The zero-order chi connectivity index (χ0) is 27.4. The summed E-state index contributed by atoms with van der Waals surface area (Å²) in [5.74, 6) is -0.0208. The average molecular weight is 539 g/mol. The molecule has 2 N–H and O–H groups in total. The summed E-state index contributed by atoms with van der Waals surface area (Å²) in [6.07, 6.45) is 3.16. The maximum absolute atomic E-state index is 12.4. The van der Waals surface area contributed by atoms with E-state index in [2.05, 4.69) is 15.8 Å². The van der Waals surface area contributed by atoms with Crippen LogP contribution in [0.4, 0.5) is 5.69 Å². The quantitative estimate of drug-likeness (QED) is 0.254. The molecule has 0 saturated carbocycles. The number of para-hydroxylation sites is 2. The molecular formula is C27H30N4O6S. The number of ether oxygens (including phenoxy) is 2. The van der Waals surface area contributed by atoms with E-state index in [0.717, 1.165) is 22.5 Å². The van der Waals surface area contributed by atoms with Crippen LogP contribution in [0, 0.1) is 0 Å². The van der Waals surface area contributed by atoms with Crippen LogP contribution in [0.25, 0.3) is 0 Å². The molecule has 0 fully saturated rings. The summed E-state index contributed by atoms with van der Waals surface area (Å²) in [4.78, 5) is 24.4. The Morgan fingerprint density at radius 3 is 2.32 bits per heavy atom. The summed E-state index contributed by atoms with van der Waals surface area (Å²) in [5, 5.41) is 6.71. The van der Waals surface area contributed by atoms with Crippen LogP contribution in [-0.2, 0) is 26.0 Å². The lowest BCUT2D eigenvalue weighted by molar-refractivity contribution is -0.123. The lowest BCUT2D eigenvalue weighted by atomic mass is 10.1. The maximum Gasteiger partial charge on any atom is 0.260 e. The van der Waals surface area contributed by atoms with Crippen LogP contribution in [0.2, 0.25) is 0 Å². The van der Waals surface area contributed by atoms with Crippen LogP contribution in [-0.4, -0.2) is 59.5 Å². The number of nitrogens with zero attached hydrogens (tertiary/aromatic N) is 2. The summed E-state index contributed by atoms with van der Waals surface area (Å²) < 4.78 is 36.2. The van der Waals surface area contributed by atoms with Crippen molar-refractivity contribution >= 4 is 33.7 Å². The molecule has 0 aromatic heterocycles. The first-order valence-corrected chi connectivity index (χ1v) is 13.6. The second kappa shape index (κ2) is 13.8. The minimum absolute atomic E-state index is 0.110. The van der Waals surface area contributed by atoms with Gasteiger partial charge < -0.3 is 14.8 Å². The fourth-order valence-corrected chi connectivity index (χ4v) is 4.26. The van der Waals surface area contributed by atoms with Gasteiger partial charge in [0.05, 0.1) is 25.3 Å². The van der Waals surface area contributed by atoms with Crippen molar-refractivity contribution in [1.29, 1.82) is 0 Å². The van der Waals surface area contributed by atoms with Gasteiger partial charge in [-0.25, -0.2) is 13.8 Å². The fraction of sp³-hybridized carbons (Fsp3) is 0.222. The molecule has 38 heavy (non-hydrogen) atoms. The number of carbonyl (C=O) groups is 2. The lowest BCUT2D eigenvalue weighted by Crippen LogP contribution is -2.39. The third-order valence-electron chi connectivity index (χ3n) is 5.27. The highest BCUT2D eigenvalue weighted by molar-refractivity contribution is 7.92. The van der Waals surface area contributed by atoms with E-state index in [9.17, 15) is 18.0 Å². The number of hydrazone groups is 1. The zero-order valence-electron chi connectivity index (χ0n) is 21.2. The molecule has 0 unspecified atom stereocenters. The number of nitrogens with one attached hydrogen (secondary N) is 2. The van der Waals surface area contributed by atoms with Gasteiger partial charge in [0.25, 0.3) is 11.8 Å². The standard InChI is InChI=1S/C27H30N4O6S/c1-36-25-11-7-6-10-24(25)31(38(2,34)35)19-26(32)30-29-18-22-12-14-23(15-13-22)37-20-27(33)28-17-16-21-8-4-3-5-9-21/h3-15,18H,16-17,19-20H2,1-2H3,(H,28,33)(H,30,32)/b29-18-. The molecule has 2 amide bonds. The van der Waals surface area contributed by atoms with E-state index in [0.29, 0.717) is 23.6 Å². The van der Waals surface area contributed by atoms with E-state index in [1.807, 2.05) is 30.3 Å². The highest BCUT2D eigenvalue weighted by atomic mass is 32.2. The smallest absolute Gasteiger partial charge is 0.260 e. The van der Waals surface area contributed by atoms with Gasteiger partial charge in [-0.15, -0.1) is 0 Å². The van der Waals surface area contributed by atoms with Crippen molar-refractivity contribution < 1.29 is 27.5 Å². The fourth-order valence-electron chi connectivity index (χ4n) is 3.40. The molecule has 0 aliphatic heterocycles. The minimum Gasteiger partial charge on any atom is -0.495 e. The van der Waals surface area contributed by atoms with Crippen molar-refractivity contribution in [3.8, 4) is 11.5 Å². The third kappa shape index (κ3) is 8.93. The number of carbonyl (C=O) groups excluding carboxylic acids is 2. The predicted octanol–water partition coefficient (Wildman–Crippen LogP) is 2.35. The molecule has 0 atom stereocenters. The molecular weight excluding hydrogens is 508 g/mol. The molecule has 3 aromatic rings. The lowest BCUT2D eigenvalue weighted by Gasteiger charge is -2.23. The van der Waals surface area contributed by atoms with E-state index in [4.69, 9.17) is 9.47 Å².